The van der Waals surface area contributed by atoms with Gasteiger partial charge in [-0.1, -0.05) is 37.5 Å². The van der Waals surface area contributed by atoms with Crippen LogP contribution in [-0.2, 0) is 0 Å². The van der Waals surface area contributed by atoms with Gasteiger partial charge < -0.3 is 0 Å². The van der Waals surface area contributed by atoms with E-state index >= 15 is 0 Å². The molecule has 1 fully saturated rings. The van der Waals surface area contributed by atoms with Gasteiger partial charge in [-0.05, 0) is 22.8 Å². The minimum absolute atomic E-state index is 0.0644. The van der Waals surface area contributed by atoms with E-state index in [0.29, 0.717) is 16.7 Å². The van der Waals surface area contributed by atoms with Gasteiger partial charge in [-0.2, -0.15) is 11.8 Å². The second-order valence-electron chi connectivity index (χ2n) is 5.49. The van der Waals surface area contributed by atoms with Crippen LogP contribution in [0, 0.1) is 0 Å². The quantitative estimate of drug-likeness (QED) is 0.679. The summed E-state index contributed by atoms with van der Waals surface area (Å²) in [5.74, 6) is 0.134. The van der Waals surface area contributed by atoms with Gasteiger partial charge >= 0.3 is 11.3 Å². The highest BCUT2D eigenvalue weighted by atomic mass is 32.2. The number of carbonyl (C=O) groups excluding carboxylic acids is 1. The molecule has 1 aromatic heterocycles. The van der Waals surface area contributed by atoms with Gasteiger partial charge in [0.1, 0.15) is 0 Å². The van der Waals surface area contributed by atoms with Crippen molar-refractivity contribution in [2.24, 2.45) is 0 Å². The summed E-state index contributed by atoms with van der Waals surface area (Å²) in [5.41, 5.74) is 0.159. The highest BCUT2D eigenvalue weighted by molar-refractivity contribution is 8.00. The first-order valence-electron chi connectivity index (χ1n) is 7.59. The van der Waals surface area contributed by atoms with Crippen molar-refractivity contribution in [1.82, 2.24) is 5.27 Å². The lowest BCUT2D eigenvalue weighted by Gasteiger charge is -2.19. The number of H-pyrrole nitrogens is 1. The third kappa shape index (κ3) is 3.32. The van der Waals surface area contributed by atoms with Crippen LogP contribution >= 0.6 is 11.8 Å². The highest BCUT2D eigenvalue weighted by Gasteiger charge is 2.30. The molecule has 6 heteroatoms. The Kier molecular flexibility index (Phi) is 4.77. The van der Waals surface area contributed by atoms with Crippen molar-refractivity contribution in [3.8, 4) is 5.69 Å². The number of Topliss-reactive ketones (excluding diaryl/α,β-unsaturated/α-hetero) is 1. The zero-order chi connectivity index (χ0) is 15.4. The van der Waals surface area contributed by atoms with E-state index in [4.69, 9.17) is 4.52 Å². The van der Waals surface area contributed by atoms with Crippen molar-refractivity contribution in [3.05, 3.63) is 46.4 Å². The highest BCUT2D eigenvalue weighted by Crippen LogP contribution is 2.28. The van der Waals surface area contributed by atoms with Crippen LogP contribution in [0.4, 0.5) is 0 Å². The smallest absolute Gasteiger partial charge is 0.286 e. The molecule has 1 saturated carbocycles. The van der Waals surface area contributed by atoms with E-state index in [-0.39, 0.29) is 11.5 Å². The van der Waals surface area contributed by atoms with E-state index in [2.05, 4.69) is 5.27 Å². The van der Waals surface area contributed by atoms with Gasteiger partial charge in [0.05, 0.1) is 5.75 Å². The minimum Gasteiger partial charge on any atom is -0.286 e. The maximum absolute atomic E-state index is 12.4. The predicted octanol–water partition coefficient (Wildman–Crippen LogP) is 2.49. The van der Waals surface area contributed by atoms with Crippen LogP contribution in [0.5, 0.6) is 0 Å². The molecule has 2 aromatic rings. The summed E-state index contributed by atoms with van der Waals surface area (Å²) in [4.78, 5) is 24.3. The molecule has 116 valence electrons. The van der Waals surface area contributed by atoms with Crippen LogP contribution in [0.1, 0.15) is 42.6 Å². The molecule has 1 N–H and O–H groups in total. The topological polar surface area (TPSA) is 67.0 Å². The molecule has 0 amide bonds. The van der Waals surface area contributed by atoms with Crippen LogP contribution in [0.2, 0.25) is 0 Å². The number of carbonyl (C=O) groups is 1. The number of hydrogen-bond donors (Lipinski definition) is 1. The Morgan fingerprint density at radius 3 is 2.68 bits per heavy atom. The number of nitrogens with zero attached hydrogens (tertiary/aromatic N) is 1. The second kappa shape index (κ2) is 6.96. The SMILES string of the molecule is O=C(CSC1CCCCC1)c1c(=O)o[nH][n+]1-c1ccccc1. The first-order chi connectivity index (χ1) is 10.8. The van der Waals surface area contributed by atoms with E-state index < -0.39 is 5.63 Å². The van der Waals surface area contributed by atoms with Crippen LogP contribution in [-0.4, -0.2) is 22.1 Å². The largest absolute Gasteiger partial charge is 0.438 e. The summed E-state index contributed by atoms with van der Waals surface area (Å²) in [6, 6.07) is 9.20. The number of nitrogens with one attached hydrogen (secondary N) is 1. The Balaban J connectivity index is 1.75. The van der Waals surface area contributed by atoms with Gasteiger partial charge in [0.2, 0.25) is 11.5 Å². The number of para-hydroxylation sites is 1. The number of benzene rings is 1. The maximum atomic E-state index is 12.4. The zero-order valence-electron chi connectivity index (χ0n) is 12.3. The Bertz CT molecular complexity index is 687. The summed E-state index contributed by atoms with van der Waals surface area (Å²) in [5, 5.41) is 3.04. The summed E-state index contributed by atoms with van der Waals surface area (Å²) >= 11 is 1.66. The van der Waals surface area contributed by atoms with E-state index in [1.807, 2.05) is 30.3 Å². The number of thioether (sulfide) groups is 1. The van der Waals surface area contributed by atoms with Gasteiger partial charge in [0.25, 0.3) is 0 Å². The number of rotatable bonds is 5. The molecule has 0 unspecified atom stereocenters. The fourth-order valence-corrected chi connectivity index (χ4v) is 3.95. The van der Waals surface area contributed by atoms with Gasteiger partial charge in [-0.15, -0.1) is 0 Å². The van der Waals surface area contributed by atoms with Crippen molar-refractivity contribution in [2.75, 3.05) is 5.75 Å². The van der Waals surface area contributed by atoms with E-state index in [0.717, 1.165) is 0 Å². The average molecular weight is 319 g/mol. The number of aromatic amines is 1. The molecule has 0 aliphatic heterocycles. The van der Waals surface area contributed by atoms with Gasteiger partial charge in [-0.25, -0.2) is 4.79 Å². The first kappa shape index (κ1) is 15.1. The van der Waals surface area contributed by atoms with Crippen LogP contribution < -0.4 is 10.3 Å². The van der Waals surface area contributed by atoms with Gasteiger partial charge in [-0.3, -0.25) is 9.32 Å². The third-order valence-corrected chi connectivity index (χ3v) is 5.30. The Morgan fingerprint density at radius 1 is 1.23 bits per heavy atom. The Morgan fingerprint density at radius 2 is 1.95 bits per heavy atom. The standard InChI is InChI=1S/C16H18N2O3S/c19-14(11-22-13-9-5-2-6-10-13)15-16(20)21-17-18(15)12-7-3-1-4-8-12/h1,3-4,7-8,13H,2,5-6,9-11H2/p+1. The molecule has 1 heterocycles. The van der Waals surface area contributed by atoms with Crippen molar-refractivity contribution < 1.29 is 14.0 Å². The zero-order valence-corrected chi connectivity index (χ0v) is 13.1. The minimum atomic E-state index is -0.613. The molecule has 0 saturated heterocycles. The van der Waals surface area contributed by atoms with Gasteiger partial charge in [0, 0.05) is 17.4 Å². The normalized spacial score (nSPS) is 15.8. The fourth-order valence-electron chi connectivity index (χ4n) is 2.76. The van der Waals surface area contributed by atoms with Crippen molar-refractivity contribution in [3.63, 3.8) is 0 Å². The summed E-state index contributed by atoms with van der Waals surface area (Å²) in [6.07, 6.45) is 6.10. The number of ketones is 1. The molecular formula is C16H19N2O3S+. The molecule has 5 nitrogen and oxygen atoms in total. The molecule has 22 heavy (non-hydrogen) atoms. The molecule has 0 radical (unpaired) electrons. The molecule has 1 aliphatic carbocycles. The summed E-state index contributed by atoms with van der Waals surface area (Å²) in [7, 11) is 0. The van der Waals surface area contributed by atoms with Crippen molar-refractivity contribution in [2.45, 2.75) is 37.4 Å². The summed E-state index contributed by atoms with van der Waals surface area (Å²) < 4.78 is 6.24. The average Bonchev–Trinajstić information content (AvgIpc) is 2.96. The Labute approximate surface area is 132 Å². The first-order valence-corrected chi connectivity index (χ1v) is 8.64. The second-order valence-corrected chi connectivity index (χ2v) is 6.78. The molecule has 0 spiro atoms. The van der Waals surface area contributed by atoms with E-state index in [1.54, 1.807) is 11.8 Å². The predicted molar refractivity (Wildman–Crippen MR) is 84.5 cm³/mol. The number of aromatic nitrogens is 2. The third-order valence-electron chi connectivity index (χ3n) is 3.93. The van der Waals surface area contributed by atoms with Crippen LogP contribution in [0.25, 0.3) is 5.69 Å². The van der Waals surface area contributed by atoms with Crippen molar-refractivity contribution in [1.29, 1.82) is 0 Å². The van der Waals surface area contributed by atoms with Crippen molar-refractivity contribution >= 4 is 17.5 Å². The molecular weight excluding hydrogens is 300 g/mol. The monoisotopic (exact) mass is 319 g/mol. The number of hydrogen-bond acceptors (Lipinski definition) is 4. The van der Waals surface area contributed by atoms with Crippen LogP contribution in [0.3, 0.4) is 0 Å². The molecule has 0 atom stereocenters. The molecule has 1 aromatic carbocycles. The molecule has 3 rings (SSSR count). The summed E-state index contributed by atoms with van der Waals surface area (Å²) in [6.45, 7) is 0. The van der Waals surface area contributed by atoms with Crippen LogP contribution in [0.15, 0.2) is 39.6 Å². The lowest BCUT2D eigenvalue weighted by molar-refractivity contribution is -0.672. The Hall–Kier alpha value is -1.82. The van der Waals surface area contributed by atoms with E-state index in [9.17, 15) is 9.59 Å². The van der Waals surface area contributed by atoms with Gasteiger partial charge in [0.15, 0.2) is 0 Å². The lowest BCUT2D eigenvalue weighted by Crippen LogP contribution is -2.41. The molecule has 1 aliphatic rings. The fraction of sp³-hybridized carbons (Fsp3) is 0.438. The van der Waals surface area contributed by atoms with E-state index in [1.165, 1.54) is 36.8 Å². The maximum Gasteiger partial charge on any atom is 0.438 e. The molecule has 0 bridgehead atoms. The lowest BCUT2D eigenvalue weighted by atomic mass is 10.0.